The van der Waals surface area contributed by atoms with Gasteiger partial charge in [-0.3, -0.25) is 9.59 Å². The maximum atomic E-state index is 11.4. The third kappa shape index (κ3) is 1.20. The number of rotatable bonds is 0. The molecule has 3 nitrogen and oxygen atoms in total. The Balaban J connectivity index is 2.41. The van der Waals surface area contributed by atoms with E-state index in [2.05, 4.69) is 5.32 Å². The van der Waals surface area contributed by atoms with E-state index >= 15 is 0 Å². The fourth-order valence-corrected chi connectivity index (χ4v) is 1.74. The molecule has 2 rings (SSSR count). The van der Waals surface area contributed by atoms with E-state index in [0.717, 1.165) is 0 Å². The summed E-state index contributed by atoms with van der Waals surface area (Å²) in [5.41, 5.74) is 0.970. The highest BCUT2D eigenvalue weighted by Crippen LogP contribution is 2.30. The maximum absolute atomic E-state index is 11.4. The standard InChI is InChI=1S/C10H11NO2/c1-10(2)5-6-7(12)3-4-8(13)9(6)11-10/h3-4,11H,5H2,1-2H3. The topological polar surface area (TPSA) is 46.2 Å². The number of carbonyl (C=O) groups excluding carboxylic acids is 2. The predicted molar refractivity (Wildman–Crippen MR) is 48.0 cm³/mol. The largest absolute Gasteiger partial charge is 0.376 e. The highest BCUT2D eigenvalue weighted by molar-refractivity contribution is 6.20. The van der Waals surface area contributed by atoms with Gasteiger partial charge in [0, 0.05) is 17.5 Å². The van der Waals surface area contributed by atoms with Gasteiger partial charge in [0.2, 0.25) is 5.78 Å². The molecule has 1 N–H and O–H groups in total. The van der Waals surface area contributed by atoms with Gasteiger partial charge in [-0.1, -0.05) is 0 Å². The average molecular weight is 177 g/mol. The Hall–Kier alpha value is -1.38. The van der Waals surface area contributed by atoms with Crippen molar-refractivity contribution in [2.45, 2.75) is 25.8 Å². The van der Waals surface area contributed by atoms with Crippen LogP contribution in [0.25, 0.3) is 0 Å². The van der Waals surface area contributed by atoms with Crippen LogP contribution in [0.3, 0.4) is 0 Å². The minimum Gasteiger partial charge on any atom is -0.376 e. The van der Waals surface area contributed by atoms with Crippen molar-refractivity contribution in [2.75, 3.05) is 0 Å². The Morgan fingerprint density at radius 3 is 2.46 bits per heavy atom. The van der Waals surface area contributed by atoms with Crippen LogP contribution in [0.2, 0.25) is 0 Å². The van der Waals surface area contributed by atoms with Crippen molar-refractivity contribution in [3.05, 3.63) is 23.4 Å². The molecule has 2 aliphatic rings. The van der Waals surface area contributed by atoms with Crippen molar-refractivity contribution in [1.82, 2.24) is 5.32 Å². The van der Waals surface area contributed by atoms with Gasteiger partial charge in [-0.25, -0.2) is 0 Å². The Morgan fingerprint density at radius 1 is 1.23 bits per heavy atom. The number of carbonyl (C=O) groups is 2. The highest BCUT2D eigenvalue weighted by Gasteiger charge is 2.36. The van der Waals surface area contributed by atoms with E-state index in [1.807, 2.05) is 13.8 Å². The summed E-state index contributed by atoms with van der Waals surface area (Å²) in [6.45, 7) is 3.96. The summed E-state index contributed by atoms with van der Waals surface area (Å²) in [6, 6.07) is 0. The molecule has 1 aliphatic carbocycles. The van der Waals surface area contributed by atoms with Crippen LogP contribution in [0, 0.1) is 0 Å². The zero-order valence-corrected chi connectivity index (χ0v) is 7.68. The van der Waals surface area contributed by atoms with Crippen LogP contribution >= 0.6 is 0 Å². The molecule has 0 saturated heterocycles. The quantitative estimate of drug-likeness (QED) is 0.554. The van der Waals surface area contributed by atoms with Gasteiger partial charge in [-0.2, -0.15) is 0 Å². The molecule has 0 fully saturated rings. The molecule has 0 radical (unpaired) electrons. The van der Waals surface area contributed by atoms with Crippen LogP contribution < -0.4 is 5.32 Å². The summed E-state index contributed by atoms with van der Waals surface area (Å²) in [6.07, 6.45) is 3.32. The van der Waals surface area contributed by atoms with Crippen molar-refractivity contribution < 1.29 is 9.59 Å². The van der Waals surface area contributed by atoms with E-state index in [1.54, 1.807) is 0 Å². The minimum absolute atomic E-state index is 0.0346. The lowest BCUT2D eigenvalue weighted by Gasteiger charge is -2.19. The van der Waals surface area contributed by atoms with Crippen LogP contribution in [-0.4, -0.2) is 17.1 Å². The summed E-state index contributed by atoms with van der Waals surface area (Å²) in [5.74, 6) is -0.118. The number of hydrogen-bond acceptors (Lipinski definition) is 3. The van der Waals surface area contributed by atoms with Gasteiger partial charge in [-0.15, -0.1) is 0 Å². The molecule has 0 unspecified atom stereocenters. The minimum atomic E-state index is -0.165. The lowest BCUT2D eigenvalue weighted by Crippen LogP contribution is -2.34. The lowest BCUT2D eigenvalue weighted by atomic mass is 9.95. The molecule has 68 valence electrons. The predicted octanol–water partition coefficient (Wildman–Crippen LogP) is 0.720. The van der Waals surface area contributed by atoms with E-state index in [0.29, 0.717) is 17.7 Å². The molecular weight excluding hydrogens is 166 g/mol. The fraction of sp³-hybridized carbons (Fsp3) is 0.400. The van der Waals surface area contributed by atoms with Crippen molar-refractivity contribution in [3.63, 3.8) is 0 Å². The SMILES string of the molecule is CC1(C)CC2=C(N1)C(=O)C=CC2=O. The van der Waals surface area contributed by atoms with E-state index in [4.69, 9.17) is 0 Å². The van der Waals surface area contributed by atoms with Gasteiger partial charge in [0.05, 0.1) is 5.70 Å². The monoisotopic (exact) mass is 177 g/mol. The molecule has 13 heavy (non-hydrogen) atoms. The second kappa shape index (κ2) is 2.31. The number of nitrogens with one attached hydrogen (secondary N) is 1. The Morgan fingerprint density at radius 2 is 1.85 bits per heavy atom. The second-order valence-corrected chi connectivity index (χ2v) is 4.10. The third-order valence-electron chi connectivity index (χ3n) is 2.31. The molecular formula is C10H11NO2. The summed E-state index contributed by atoms with van der Waals surface area (Å²) >= 11 is 0. The molecule has 0 aromatic heterocycles. The zero-order valence-electron chi connectivity index (χ0n) is 7.68. The molecule has 1 heterocycles. The lowest BCUT2D eigenvalue weighted by molar-refractivity contribution is -0.115. The van der Waals surface area contributed by atoms with Crippen molar-refractivity contribution in [1.29, 1.82) is 0 Å². The molecule has 0 saturated carbocycles. The van der Waals surface area contributed by atoms with Gasteiger partial charge in [0.25, 0.3) is 0 Å². The zero-order chi connectivity index (χ0) is 9.64. The number of allylic oxidation sites excluding steroid dienone is 2. The average Bonchev–Trinajstić information content (AvgIpc) is 2.35. The normalized spacial score (nSPS) is 24.8. The van der Waals surface area contributed by atoms with Crippen molar-refractivity contribution in [2.24, 2.45) is 0 Å². The molecule has 0 amide bonds. The highest BCUT2D eigenvalue weighted by atomic mass is 16.1. The number of hydrogen-bond donors (Lipinski definition) is 1. The van der Waals surface area contributed by atoms with Crippen LogP contribution in [-0.2, 0) is 9.59 Å². The summed E-state index contributed by atoms with van der Waals surface area (Å²) in [7, 11) is 0. The first-order valence-electron chi connectivity index (χ1n) is 4.28. The van der Waals surface area contributed by atoms with Crippen LogP contribution in [0.4, 0.5) is 0 Å². The van der Waals surface area contributed by atoms with E-state index < -0.39 is 0 Å². The van der Waals surface area contributed by atoms with E-state index in [1.165, 1.54) is 12.2 Å². The van der Waals surface area contributed by atoms with Gasteiger partial charge >= 0.3 is 0 Å². The molecule has 0 bridgehead atoms. The first-order valence-corrected chi connectivity index (χ1v) is 4.28. The fourth-order valence-electron chi connectivity index (χ4n) is 1.74. The molecule has 0 spiro atoms. The smallest absolute Gasteiger partial charge is 0.202 e. The van der Waals surface area contributed by atoms with Gasteiger partial charge in [-0.05, 0) is 26.0 Å². The Labute approximate surface area is 76.5 Å². The summed E-state index contributed by atoms with van der Waals surface area (Å²) in [5, 5.41) is 3.07. The van der Waals surface area contributed by atoms with Gasteiger partial charge in [0.1, 0.15) is 0 Å². The molecule has 3 heteroatoms. The van der Waals surface area contributed by atoms with Crippen LogP contribution in [0.15, 0.2) is 23.4 Å². The van der Waals surface area contributed by atoms with Gasteiger partial charge in [0.15, 0.2) is 5.78 Å². The van der Waals surface area contributed by atoms with Crippen LogP contribution in [0.1, 0.15) is 20.3 Å². The van der Waals surface area contributed by atoms with Gasteiger partial charge < -0.3 is 5.32 Å². The summed E-state index contributed by atoms with van der Waals surface area (Å²) < 4.78 is 0. The van der Waals surface area contributed by atoms with Crippen LogP contribution in [0.5, 0.6) is 0 Å². The van der Waals surface area contributed by atoms with E-state index in [-0.39, 0.29) is 17.1 Å². The first-order chi connectivity index (χ1) is 5.99. The van der Waals surface area contributed by atoms with E-state index in [9.17, 15) is 9.59 Å². The Bertz CT molecular complexity index is 329. The first kappa shape index (κ1) is 8.23. The maximum Gasteiger partial charge on any atom is 0.202 e. The molecule has 0 aromatic rings. The molecule has 0 atom stereocenters. The molecule has 0 aromatic carbocycles. The third-order valence-corrected chi connectivity index (χ3v) is 2.31. The molecule has 1 aliphatic heterocycles. The second-order valence-electron chi connectivity index (χ2n) is 4.10. The Kier molecular flexibility index (Phi) is 1.46. The van der Waals surface area contributed by atoms with Crippen molar-refractivity contribution in [3.8, 4) is 0 Å². The van der Waals surface area contributed by atoms with Crippen molar-refractivity contribution >= 4 is 11.6 Å². The number of ketones is 2. The summed E-state index contributed by atoms with van der Waals surface area (Å²) in [4.78, 5) is 22.7.